The van der Waals surface area contributed by atoms with Gasteiger partial charge in [0.05, 0.1) is 0 Å². The SMILES string of the molecule is C=C(C)c1/c(=C\CC)ccc2ccc(/C=C\CC)c(=C)c12. The molecule has 0 radical (unpaired) electrons. The van der Waals surface area contributed by atoms with Gasteiger partial charge in [0.2, 0.25) is 0 Å². The first-order valence-electron chi connectivity index (χ1n) is 7.67. The maximum Gasteiger partial charge on any atom is -0.00304 e. The second-order valence-electron chi connectivity index (χ2n) is 5.46. The van der Waals surface area contributed by atoms with Crippen LogP contribution in [0, 0.1) is 0 Å². The zero-order chi connectivity index (χ0) is 15.4. The van der Waals surface area contributed by atoms with Crippen molar-refractivity contribution < 1.29 is 0 Å². The van der Waals surface area contributed by atoms with E-state index in [1.807, 2.05) is 0 Å². The molecule has 0 spiro atoms. The number of benzene rings is 2. The van der Waals surface area contributed by atoms with Gasteiger partial charge in [0, 0.05) is 0 Å². The van der Waals surface area contributed by atoms with Crippen molar-refractivity contribution in [2.24, 2.45) is 0 Å². The molecule has 0 aliphatic rings. The standard InChI is InChI=1S/C21H24/c1-6-8-10-17-11-12-19-14-13-18(9-7-2)20(15(3)4)21(19)16(17)5/h8-14H,3,5-7H2,1-2,4H3/b10-8-,18-9-. The predicted molar refractivity (Wildman–Crippen MR) is 97.5 cm³/mol. The van der Waals surface area contributed by atoms with Gasteiger partial charge >= 0.3 is 0 Å². The van der Waals surface area contributed by atoms with E-state index >= 15 is 0 Å². The van der Waals surface area contributed by atoms with Crippen LogP contribution in [0.25, 0.3) is 35.1 Å². The first kappa shape index (κ1) is 15.3. The zero-order valence-electron chi connectivity index (χ0n) is 13.4. The predicted octanol–water partition coefficient (Wildman–Crippen LogP) is 4.90. The van der Waals surface area contributed by atoms with Gasteiger partial charge in [0.25, 0.3) is 0 Å². The third-order valence-electron chi connectivity index (χ3n) is 3.75. The fraction of sp³-hybridized carbons (Fsp3) is 0.238. The molecule has 2 aromatic carbocycles. The fourth-order valence-corrected chi connectivity index (χ4v) is 2.77. The Morgan fingerprint density at radius 3 is 2.43 bits per heavy atom. The molecule has 0 saturated carbocycles. The third-order valence-corrected chi connectivity index (χ3v) is 3.75. The van der Waals surface area contributed by atoms with Gasteiger partial charge in [-0.3, -0.25) is 0 Å². The van der Waals surface area contributed by atoms with E-state index in [2.05, 4.69) is 76.4 Å². The Kier molecular flexibility index (Phi) is 4.80. The second kappa shape index (κ2) is 6.58. The van der Waals surface area contributed by atoms with E-state index in [0.717, 1.165) is 23.6 Å². The molecule has 0 nitrogen and oxygen atoms in total. The van der Waals surface area contributed by atoms with Gasteiger partial charge in [-0.1, -0.05) is 69.5 Å². The number of hydrogen-bond donors (Lipinski definition) is 0. The molecule has 0 fully saturated rings. The summed E-state index contributed by atoms with van der Waals surface area (Å²) < 4.78 is 0. The van der Waals surface area contributed by atoms with Crippen molar-refractivity contribution in [2.75, 3.05) is 0 Å². The molecule has 21 heavy (non-hydrogen) atoms. The average molecular weight is 276 g/mol. The van der Waals surface area contributed by atoms with Crippen LogP contribution in [0.2, 0.25) is 0 Å². The Morgan fingerprint density at radius 2 is 1.81 bits per heavy atom. The summed E-state index contributed by atoms with van der Waals surface area (Å²) >= 11 is 0. The lowest BCUT2D eigenvalue weighted by Gasteiger charge is -2.10. The highest BCUT2D eigenvalue weighted by Crippen LogP contribution is 2.19. The molecule has 0 N–H and O–H groups in total. The van der Waals surface area contributed by atoms with E-state index in [-0.39, 0.29) is 0 Å². The summed E-state index contributed by atoms with van der Waals surface area (Å²) in [6.07, 6.45) is 8.66. The van der Waals surface area contributed by atoms with Gasteiger partial charge in [-0.15, -0.1) is 0 Å². The van der Waals surface area contributed by atoms with E-state index < -0.39 is 0 Å². The molecule has 0 amide bonds. The van der Waals surface area contributed by atoms with Crippen LogP contribution < -0.4 is 10.4 Å². The van der Waals surface area contributed by atoms with Crippen LogP contribution in [0.4, 0.5) is 0 Å². The summed E-state index contributed by atoms with van der Waals surface area (Å²) in [6, 6.07) is 8.71. The van der Waals surface area contributed by atoms with Gasteiger partial charge in [-0.05, 0) is 57.7 Å². The normalized spacial score (nSPS) is 12.4. The van der Waals surface area contributed by atoms with Gasteiger partial charge in [0.1, 0.15) is 0 Å². The van der Waals surface area contributed by atoms with Crippen molar-refractivity contribution in [1.29, 1.82) is 0 Å². The van der Waals surface area contributed by atoms with Crippen molar-refractivity contribution in [3.05, 3.63) is 58.5 Å². The minimum absolute atomic E-state index is 1.02. The lowest BCUT2D eigenvalue weighted by Crippen LogP contribution is -2.15. The number of fused-ring (bicyclic) bond motifs is 1. The molecule has 0 heteroatoms. The number of allylic oxidation sites excluding steroid dienone is 2. The minimum Gasteiger partial charge on any atom is -0.0955 e. The van der Waals surface area contributed by atoms with Gasteiger partial charge in [-0.2, -0.15) is 0 Å². The Labute approximate surface area is 127 Å². The Bertz CT molecular complexity index is 804. The highest BCUT2D eigenvalue weighted by Gasteiger charge is 2.06. The van der Waals surface area contributed by atoms with E-state index in [1.54, 1.807) is 0 Å². The largest absolute Gasteiger partial charge is 0.0955 e. The Balaban J connectivity index is 2.93. The first-order valence-corrected chi connectivity index (χ1v) is 7.67. The van der Waals surface area contributed by atoms with E-state index in [0.29, 0.717) is 0 Å². The summed E-state index contributed by atoms with van der Waals surface area (Å²) in [5.41, 5.74) is 3.54. The number of hydrogen-bond acceptors (Lipinski definition) is 0. The van der Waals surface area contributed by atoms with Crippen LogP contribution in [-0.2, 0) is 0 Å². The van der Waals surface area contributed by atoms with E-state index in [9.17, 15) is 0 Å². The van der Waals surface area contributed by atoms with Gasteiger partial charge in [0.15, 0.2) is 0 Å². The van der Waals surface area contributed by atoms with Crippen LogP contribution in [0.15, 0.2) is 36.9 Å². The molecule has 0 atom stereocenters. The van der Waals surface area contributed by atoms with E-state index in [4.69, 9.17) is 0 Å². The molecule has 2 rings (SSSR count). The topological polar surface area (TPSA) is 0 Å². The molecule has 0 heterocycles. The van der Waals surface area contributed by atoms with Crippen molar-refractivity contribution >= 4 is 35.1 Å². The average Bonchev–Trinajstić information content (AvgIpc) is 2.46. The molecule has 0 unspecified atom stereocenters. The molecule has 0 saturated heterocycles. The molecule has 2 aromatic rings. The zero-order valence-corrected chi connectivity index (χ0v) is 13.4. The highest BCUT2D eigenvalue weighted by molar-refractivity contribution is 5.95. The van der Waals surface area contributed by atoms with Crippen LogP contribution in [0.5, 0.6) is 0 Å². The monoisotopic (exact) mass is 276 g/mol. The summed E-state index contributed by atoms with van der Waals surface area (Å²) in [4.78, 5) is 0. The van der Waals surface area contributed by atoms with Crippen molar-refractivity contribution in [3.63, 3.8) is 0 Å². The highest BCUT2D eigenvalue weighted by atomic mass is 14.1. The Hall–Kier alpha value is -2.08. The third kappa shape index (κ3) is 3.00. The molecule has 0 aliphatic heterocycles. The Morgan fingerprint density at radius 1 is 1.10 bits per heavy atom. The summed E-state index contributed by atoms with van der Waals surface area (Å²) in [5.74, 6) is 0. The van der Waals surface area contributed by atoms with Crippen LogP contribution in [0.1, 0.15) is 44.7 Å². The lowest BCUT2D eigenvalue weighted by atomic mass is 9.94. The first-order chi connectivity index (χ1) is 10.1. The molecular formula is C21H24. The van der Waals surface area contributed by atoms with E-state index in [1.165, 1.54) is 27.1 Å². The molecule has 108 valence electrons. The summed E-state index contributed by atoms with van der Waals surface area (Å²) in [7, 11) is 0. The molecule has 0 aromatic heterocycles. The van der Waals surface area contributed by atoms with Crippen LogP contribution >= 0.6 is 0 Å². The molecule has 0 aliphatic carbocycles. The smallest absolute Gasteiger partial charge is 0.00304 e. The van der Waals surface area contributed by atoms with Crippen molar-refractivity contribution in [1.82, 2.24) is 0 Å². The summed E-state index contributed by atoms with van der Waals surface area (Å²) in [6.45, 7) is 14.9. The van der Waals surface area contributed by atoms with Crippen LogP contribution in [0.3, 0.4) is 0 Å². The maximum absolute atomic E-state index is 4.34. The molecule has 0 bridgehead atoms. The summed E-state index contributed by atoms with van der Waals surface area (Å²) in [5, 5.41) is 4.84. The molecular weight excluding hydrogens is 252 g/mol. The van der Waals surface area contributed by atoms with Crippen molar-refractivity contribution in [3.8, 4) is 0 Å². The van der Waals surface area contributed by atoms with Crippen molar-refractivity contribution in [2.45, 2.75) is 33.6 Å². The fourth-order valence-electron chi connectivity index (χ4n) is 2.77. The minimum atomic E-state index is 1.02. The van der Waals surface area contributed by atoms with Gasteiger partial charge in [-0.25, -0.2) is 0 Å². The number of rotatable bonds is 4. The van der Waals surface area contributed by atoms with Crippen LogP contribution in [-0.4, -0.2) is 0 Å². The maximum atomic E-state index is 4.34. The van der Waals surface area contributed by atoms with Gasteiger partial charge < -0.3 is 0 Å². The lowest BCUT2D eigenvalue weighted by molar-refractivity contribution is 1.23. The quantitative estimate of drug-likeness (QED) is 0.745. The second-order valence-corrected chi connectivity index (χ2v) is 5.46.